The van der Waals surface area contributed by atoms with E-state index in [0.717, 1.165) is 24.8 Å². The highest BCUT2D eigenvalue weighted by atomic mass is 16.3. The second-order valence-electron chi connectivity index (χ2n) is 6.06. The van der Waals surface area contributed by atoms with Crippen LogP contribution in [-0.4, -0.2) is 23.8 Å². The van der Waals surface area contributed by atoms with E-state index in [2.05, 4.69) is 26.1 Å². The molecule has 0 saturated heterocycles. The van der Waals surface area contributed by atoms with Crippen LogP contribution in [0, 0.1) is 17.8 Å². The van der Waals surface area contributed by atoms with Crippen LogP contribution in [-0.2, 0) is 0 Å². The van der Waals surface area contributed by atoms with Crippen LogP contribution >= 0.6 is 0 Å². The molecular formula is C14H29NO. The first kappa shape index (κ1) is 14.0. The molecule has 0 aromatic carbocycles. The maximum absolute atomic E-state index is 9.31. The summed E-state index contributed by atoms with van der Waals surface area (Å²) in [6, 6.07) is 0.711. The van der Waals surface area contributed by atoms with E-state index in [0.29, 0.717) is 12.0 Å². The molecule has 0 spiro atoms. The molecule has 0 unspecified atom stereocenters. The van der Waals surface area contributed by atoms with Gasteiger partial charge in [-0.2, -0.15) is 0 Å². The lowest BCUT2D eigenvalue weighted by Crippen LogP contribution is -2.38. The second kappa shape index (κ2) is 6.61. The van der Waals surface area contributed by atoms with Crippen molar-refractivity contribution in [2.45, 2.75) is 65.5 Å². The number of nitrogens with one attached hydrogen (secondary N) is 1. The van der Waals surface area contributed by atoms with Crippen LogP contribution < -0.4 is 5.32 Å². The third kappa shape index (κ3) is 4.84. The van der Waals surface area contributed by atoms with Gasteiger partial charge in [-0.05, 0) is 56.9 Å². The van der Waals surface area contributed by atoms with Gasteiger partial charge in [0, 0.05) is 6.04 Å². The maximum Gasteiger partial charge on any atom is 0.0515 e. The molecule has 0 aromatic heterocycles. The highest BCUT2D eigenvalue weighted by molar-refractivity contribution is 4.80. The Balaban J connectivity index is 2.18. The molecule has 2 nitrogen and oxygen atoms in total. The highest BCUT2D eigenvalue weighted by Gasteiger charge is 2.24. The lowest BCUT2D eigenvalue weighted by molar-refractivity contribution is 0.158. The van der Waals surface area contributed by atoms with Gasteiger partial charge in [0.05, 0.1) is 6.10 Å². The van der Waals surface area contributed by atoms with Crippen LogP contribution in [0.5, 0.6) is 0 Å². The fraction of sp³-hybridized carbons (Fsp3) is 1.00. The number of aliphatic hydroxyl groups excluding tert-OH is 1. The Morgan fingerprint density at radius 2 is 1.88 bits per heavy atom. The molecule has 1 fully saturated rings. The van der Waals surface area contributed by atoms with E-state index in [-0.39, 0.29) is 6.10 Å². The monoisotopic (exact) mass is 227 g/mol. The van der Waals surface area contributed by atoms with Crippen molar-refractivity contribution >= 4 is 0 Å². The van der Waals surface area contributed by atoms with Crippen LogP contribution in [0.2, 0.25) is 0 Å². The predicted octanol–water partition coefficient (Wildman–Crippen LogP) is 2.81. The van der Waals surface area contributed by atoms with Crippen LogP contribution in [0.15, 0.2) is 0 Å². The van der Waals surface area contributed by atoms with Crippen molar-refractivity contribution in [1.82, 2.24) is 5.32 Å². The third-order valence-corrected chi connectivity index (χ3v) is 4.10. The van der Waals surface area contributed by atoms with Gasteiger partial charge in [-0.1, -0.05) is 20.8 Å². The van der Waals surface area contributed by atoms with Gasteiger partial charge in [0.1, 0.15) is 0 Å². The topological polar surface area (TPSA) is 32.3 Å². The second-order valence-corrected chi connectivity index (χ2v) is 6.06. The van der Waals surface area contributed by atoms with E-state index in [1.54, 1.807) is 0 Å². The minimum Gasteiger partial charge on any atom is -0.393 e. The average molecular weight is 227 g/mol. The van der Waals surface area contributed by atoms with Crippen LogP contribution in [0.25, 0.3) is 0 Å². The smallest absolute Gasteiger partial charge is 0.0515 e. The minimum atomic E-state index is -0.165. The van der Waals surface area contributed by atoms with E-state index < -0.39 is 0 Å². The van der Waals surface area contributed by atoms with Crippen molar-refractivity contribution in [3.63, 3.8) is 0 Å². The first-order valence-electron chi connectivity index (χ1n) is 6.90. The lowest BCUT2D eigenvalue weighted by Gasteiger charge is -2.33. The molecule has 96 valence electrons. The summed E-state index contributed by atoms with van der Waals surface area (Å²) in [5.74, 6) is 2.33. The molecule has 2 N–H and O–H groups in total. The first-order valence-corrected chi connectivity index (χ1v) is 6.90. The molecule has 2 heteroatoms. The zero-order chi connectivity index (χ0) is 12.1. The Kier molecular flexibility index (Phi) is 5.77. The molecule has 0 amide bonds. The standard InChI is InChI=1S/C14H29NO/c1-10(7-13(4)16)9-15-14-6-5-11(2)12(3)8-14/h10-16H,5-9H2,1-4H3/t10-,11+,12+,13-,14+/m0/s1. The Morgan fingerprint density at radius 3 is 2.44 bits per heavy atom. The Bertz CT molecular complexity index is 193. The summed E-state index contributed by atoms with van der Waals surface area (Å²) in [5, 5.41) is 13.0. The molecule has 16 heavy (non-hydrogen) atoms. The summed E-state index contributed by atoms with van der Waals surface area (Å²) >= 11 is 0. The molecule has 0 radical (unpaired) electrons. The van der Waals surface area contributed by atoms with Crippen LogP contribution in [0.1, 0.15) is 53.4 Å². The van der Waals surface area contributed by atoms with Gasteiger partial charge in [0.2, 0.25) is 0 Å². The number of rotatable bonds is 5. The Morgan fingerprint density at radius 1 is 1.19 bits per heavy atom. The van der Waals surface area contributed by atoms with E-state index in [1.165, 1.54) is 19.3 Å². The molecular weight excluding hydrogens is 198 g/mol. The minimum absolute atomic E-state index is 0.165. The lowest BCUT2D eigenvalue weighted by atomic mass is 9.79. The van der Waals surface area contributed by atoms with Crippen LogP contribution in [0.4, 0.5) is 0 Å². The van der Waals surface area contributed by atoms with E-state index in [1.807, 2.05) is 6.92 Å². The molecule has 0 aliphatic heterocycles. The molecule has 5 atom stereocenters. The quantitative estimate of drug-likeness (QED) is 0.757. The molecule has 1 aliphatic rings. The van der Waals surface area contributed by atoms with Crippen molar-refractivity contribution in [1.29, 1.82) is 0 Å². The summed E-state index contributed by atoms with van der Waals surface area (Å²) < 4.78 is 0. The van der Waals surface area contributed by atoms with Crippen molar-refractivity contribution in [3.8, 4) is 0 Å². The van der Waals surface area contributed by atoms with Crippen molar-refractivity contribution in [2.75, 3.05) is 6.54 Å². The normalized spacial score (nSPS) is 34.7. The zero-order valence-corrected chi connectivity index (χ0v) is 11.4. The van der Waals surface area contributed by atoms with Crippen LogP contribution in [0.3, 0.4) is 0 Å². The molecule has 0 aromatic rings. The summed E-state index contributed by atoms with van der Waals surface area (Å²) in [7, 11) is 0. The third-order valence-electron chi connectivity index (χ3n) is 4.10. The maximum atomic E-state index is 9.31. The Hall–Kier alpha value is -0.0800. The van der Waals surface area contributed by atoms with Gasteiger partial charge in [-0.15, -0.1) is 0 Å². The fourth-order valence-electron chi connectivity index (χ4n) is 2.77. The summed E-state index contributed by atoms with van der Waals surface area (Å²) in [6.07, 6.45) is 4.76. The first-order chi connectivity index (χ1) is 7.49. The SMILES string of the molecule is C[C@H](CN[C@@H]1CC[C@@H](C)[C@H](C)C1)C[C@H](C)O. The molecule has 1 rings (SSSR count). The average Bonchev–Trinajstić information content (AvgIpc) is 2.19. The van der Waals surface area contributed by atoms with Gasteiger partial charge in [0.15, 0.2) is 0 Å². The molecule has 0 heterocycles. The van der Waals surface area contributed by atoms with Gasteiger partial charge in [-0.3, -0.25) is 0 Å². The zero-order valence-electron chi connectivity index (χ0n) is 11.4. The molecule has 1 aliphatic carbocycles. The van der Waals surface area contributed by atoms with E-state index in [4.69, 9.17) is 0 Å². The number of aliphatic hydroxyl groups is 1. The van der Waals surface area contributed by atoms with Crippen molar-refractivity contribution < 1.29 is 5.11 Å². The number of hydrogen-bond acceptors (Lipinski definition) is 2. The molecule has 1 saturated carbocycles. The molecule has 0 bridgehead atoms. The van der Waals surface area contributed by atoms with Crippen molar-refractivity contribution in [3.05, 3.63) is 0 Å². The highest BCUT2D eigenvalue weighted by Crippen LogP contribution is 2.29. The van der Waals surface area contributed by atoms with E-state index >= 15 is 0 Å². The number of hydrogen-bond donors (Lipinski definition) is 2. The fourth-order valence-corrected chi connectivity index (χ4v) is 2.77. The van der Waals surface area contributed by atoms with Gasteiger partial charge < -0.3 is 10.4 Å². The Labute approximate surface area is 101 Å². The largest absolute Gasteiger partial charge is 0.393 e. The van der Waals surface area contributed by atoms with Gasteiger partial charge >= 0.3 is 0 Å². The predicted molar refractivity (Wildman–Crippen MR) is 69.4 cm³/mol. The summed E-state index contributed by atoms with van der Waals surface area (Å²) in [5.41, 5.74) is 0. The van der Waals surface area contributed by atoms with Crippen molar-refractivity contribution in [2.24, 2.45) is 17.8 Å². The van der Waals surface area contributed by atoms with Gasteiger partial charge in [-0.25, -0.2) is 0 Å². The van der Waals surface area contributed by atoms with E-state index in [9.17, 15) is 5.11 Å². The van der Waals surface area contributed by atoms with Gasteiger partial charge in [0.25, 0.3) is 0 Å². The summed E-state index contributed by atoms with van der Waals surface area (Å²) in [4.78, 5) is 0. The summed E-state index contributed by atoms with van der Waals surface area (Å²) in [6.45, 7) is 9.89.